The highest BCUT2D eigenvalue weighted by Gasteiger charge is 2.56. The van der Waals surface area contributed by atoms with Gasteiger partial charge >= 0.3 is 11.9 Å². The van der Waals surface area contributed by atoms with Crippen LogP contribution in [0.5, 0.6) is 0 Å². The van der Waals surface area contributed by atoms with Crippen LogP contribution < -0.4 is 0 Å². The minimum absolute atomic E-state index is 0.124. The lowest BCUT2D eigenvalue weighted by Gasteiger charge is -2.45. The van der Waals surface area contributed by atoms with Crippen LogP contribution in [0.25, 0.3) is 0 Å². The van der Waals surface area contributed by atoms with Crippen LogP contribution in [0.15, 0.2) is 0 Å². The van der Waals surface area contributed by atoms with Gasteiger partial charge in [0.25, 0.3) is 0 Å². The van der Waals surface area contributed by atoms with Crippen molar-refractivity contribution in [3.05, 3.63) is 0 Å². The van der Waals surface area contributed by atoms with Crippen LogP contribution in [0.1, 0.15) is 33.6 Å². The van der Waals surface area contributed by atoms with Crippen LogP contribution in [0, 0.1) is 5.92 Å². The van der Waals surface area contributed by atoms with Crippen LogP contribution >= 0.6 is 0 Å². The molecular formula is C13H22O6. The minimum Gasteiger partial charge on any atom is -0.465 e. The predicted molar refractivity (Wildman–Crippen MR) is 66.4 cm³/mol. The molecule has 0 unspecified atom stereocenters. The Bertz CT molecular complexity index is 303. The third-order valence-corrected chi connectivity index (χ3v) is 3.15. The van der Waals surface area contributed by atoms with Crippen molar-refractivity contribution in [1.82, 2.24) is 0 Å². The number of carbonyl (C=O) groups excluding carboxylic acids is 2. The summed E-state index contributed by atoms with van der Waals surface area (Å²) in [6.07, 6.45) is 0.355. The first-order valence-corrected chi connectivity index (χ1v) is 6.65. The van der Waals surface area contributed by atoms with Crippen molar-refractivity contribution in [3.8, 4) is 0 Å². The van der Waals surface area contributed by atoms with Crippen LogP contribution in [0.4, 0.5) is 0 Å². The maximum atomic E-state index is 11.8. The van der Waals surface area contributed by atoms with E-state index in [1.54, 1.807) is 13.8 Å². The molecule has 6 heteroatoms. The SMILES string of the molecule is CCOC(=O)C(C(=O)OCC)C1(O)CC(OCC)C1. The lowest BCUT2D eigenvalue weighted by molar-refractivity contribution is -0.199. The molecule has 0 spiro atoms. The smallest absolute Gasteiger partial charge is 0.323 e. The van der Waals surface area contributed by atoms with Gasteiger partial charge in [-0.05, 0) is 20.8 Å². The number of ether oxygens (including phenoxy) is 3. The highest BCUT2D eigenvalue weighted by atomic mass is 16.6. The highest BCUT2D eigenvalue weighted by Crippen LogP contribution is 2.41. The number of aliphatic hydroxyl groups is 1. The van der Waals surface area contributed by atoms with E-state index in [-0.39, 0.29) is 32.2 Å². The van der Waals surface area contributed by atoms with Crippen molar-refractivity contribution >= 4 is 11.9 Å². The minimum atomic E-state index is -1.42. The van der Waals surface area contributed by atoms with Gasteiger partial charge in [0.2, 0.25) is 0 Å². The summed E-state index contributed by atoms with van der Waals surface area (Å²) >= 11 is 0. The maximum Gasteiger partial charge on any atom is 0.323 e. The Balaban J connectivity index is 2.74. The fourth-order valence-electron chi connectivity index (χ4n) is 2.30. The van der Waals surface area contributed by atoms with Crippen molar-refractivity contribution in [2.45, 2.75) is 45.3 Å². The Kier molecular flexibility index (Phi) is 5.75. The molecule has 6 nitrogen and oxygen atoms in total. The first-order chi connectivity index (χ1) is 8.98. The lowest BCUT2D eigenvalue weighted by Crippen LogP contribution is -2.58. The van der Waals surface area contributed by atoms with Gasteiger partial charge in [-0.25, -0.2) is 0 Å². The fourth-order valence-corrected chi connectivity index (χ4v) is 2.30. The summed E-state index contributed by atoms with van der Waals surface area (Å²) < 4.78 is 15.0. The van der Waals surface area contributed by atoms with Gasteiger partial charge in [0.1, 0.15) is 0 Å². The second-order valence-electron chi connectivity index (χ2n) is 4.53. The van der Waals surface area contributed by atoms with Crippen LogP contribution in [0.3, 0.4) is 0 Å². The fraction of sp³-hybridized carbons (Fsp3) is 0.846. The molecule has 0 atom stereocenters. The molecule has 0 aliphatic heterocycles. The molecule has 0 aromatic rings. The summed E-state index contributed by atoms with van der Waals surface area (Å²) in [6.45, 7) is 5.98. The summed E-state index contributed by atoms with van der Waals surface area (Å²) in [5.41, 5.74) is -1.42. The summed E-state index contributed by atoms with van der Waals surface area (Å²) in [5.74, 6) is -2.76. The molecular weight excluding hydrogens is 252 g/mol. The third kappa shape index (κ3) is 3.67. The number of hydrogen-bond acceptors (Lipinski definition) is 6. The predicted octanol–water partition coefficient (Wildman–Crippen LogP) is 0.659. The monoisotopic (exact) mass is 274 g/mol. The Morgan fingerprint density at radius 2 is 1.58 bits per heavy atom. The average molecular weight is 274 g/mol. The third-order valence-electron chi connectivity index (χ3n) is 3.15. The van der Waals surface area contributed by atoms with Gasteiger partial charge in [0.05, 0.1) is 24.9 Å². The Morgan fingerprint density at radius 1 is 1.11 bits per heavy atom. The normalized spacial score (nSPS) is 25.8. The highest BCUT2D eigenvalue weighted by molar-refractivity contribution is 5.96. The average Bonchev–Trinajstić information content (AvgIpc) is 2.28. The van der Waals surface area contributed by atoms with E-state index in [1.165, 1.54) is 0 Å². The molecule has 0 aromatic carbocycles. The van der Waals surface area contributed by atoms with E-state index in [0.717, 1.165) is 0 Å². The number of esters is 2. The van der Waals surface area contributed by atoms with Crippen molar-refractivity contribution in [2.24, 2.45) is 5.92 Å². The topological polar surface area (TPSA) is 82.1 Å². The molecule has 19 heavy (non-hydrogen) atoms. The molecule has 1 fully saturated rings. The number of hydrogen-bond donors (Lipinski definition) is 1. The zero-order valence-electron chi connectivity index (χ0n) is 11.7. The van der Waals surface area contributed by atoms with E-state index in [0.29, 0.717) is 6.61 Å². The largest absolute Gasteiger partial charge is 0.465 e. The molecule has 0 amide bonds. The molecule has 1 aliphatic rings. The van der Waals surface area contributed by atoms with E-state index < -0.39 is 23.5 Å². The van der Waals surface area contributed by atoms with Gasteiger partial charge in [-0.1, -0.05) is 0 Å². The van der Waals surface area contributed by atoms with Crippen molar-refractivity contribution in [2.75, 3.05) is 19.8 Å². The molecule has 1 rings (SSSR count). The van der Waals surface area contributed by atoms with Crippen LogP contribution in [0.2, 0.25) is 0 Å². The summed E-state index contributed by atoms with van der Waals surface area (Å²) in [6, 6.07) is 0. The molecule has 0 bridgehead atoms. The Hall–Kier alpha value is -1.14. The van der Waals surface area contributed by atoms with Crippen LogP contribution in [-0.2, 0) is 23.8 Å². The zero-order chi connectivity index (χ0) is 14.5. The molecule has 0 heterocycles. The van der Waals surface area contributed by atoms with Crippen molar-refractivity contribution in [1.29, 1.82) is 0 Å². The first kappa shape index (κ1) is 15.9. The summed E-state index contributed by atoms with van der Waals surface area (Å²) in [7, 11) is 0. The first-order valence-electron chi connectivity index (χ1n) is 6.65. The maximum absolute atomic E-state index is 11.8. The molecule has 0 aromatic heterocycles. The number of rotatable bonds is 7. The van der Waals surface area contributed by atoms with E-state index >= 15 is 0 Å². The molecule has 0 saturated heterocycles. The van der Waals surface area contributed by atoms with Crippen LogP contribution in [-0.4, -0.2) is 48.6 Å². The molecule has 0 radical (unpaired) electrons. The van der Waals surface area contributed by atoms with E-state index in [1.807, 2.05) is 6.92 Å². The summed E-state index contributed by atoms with van der Waals surface area (Å²) in [5, 5.41) is 10.4. The lowest BCUT2D eigenvalue weighted by atomic mass is 9.69. The van der Waals surface area contributed by atoms with Crippen molar-refractivity contribution in [3.63, 3.8) is 0 Å². The van der Waals surface area contributed by atoms with Gasteiger partial charge in [-0.3, -0.25) is 9.59 Å². The van der Waals surface area contributed by atoms with Gasteiger partial charge in [-0.2, -0.15) is 0 Å². The van der Waals surface area contributed by atoms with Crippen molar-refractivity contribution < 1.29 is 28.9 Å². The van der Waals surface area contributed by atoms with Gasteiger partial charge in [0.15, 0.2) is 5.92 Å². The quantitative estimate of drug-likeness (QED) is 0.542. The molecule has 1 saturated carbocycles. The van der Waals surface area contributed by atoms with Gasteiger partial charge < -0.3 is 19.3 Å². The Morgan fingerprint density at radius 3 is 1.95 bits per heavy atom. The Labute approximate surface area is 113 Å². The van der Waals surface area contributed by atoms with E-state index in [9.17, 15) is 14.7 Å². The van der Waals surface area contributed by atoms with Gasteiger partial charge in [0, 0.05) is 19.4 Å². The molecule has 1 aliphatic carbocycles. The second kappa shape index (κ2) is 6.86. The second-order valence-corrected chi connectivity index (χ2v) is 4.53. The summed E-state index contributed by atoms with van der Waals surface area (Å²) in [4.78, 5) is 23.7. The molecule has 1 N–H and O–H groups in total. The zero-order valence-corrected chi connectivity index (χ0v) is 11.7. The van der Waals surface area contributed by atoms with E-state index in [2.05, 4.69) is 0 Å². The van der Waals surface area contributed by atoms with E-state index in [4.69, 9.17) is 14.2 Å². The standard InChI is InChI=1S/C13H22O6/c1-4-17-9-7-13(16,8-9)10(11(14)18-5-2)12(15)19-6-3/h9-10,16H,4-8H2,1-3H3. The number of carbonyl (C=O) groups is 2. The van der Waals surface area contributed by atoms with Gasteiger partial charge in [-0.15, -0.1) is 0 Å². The molecule has 110 valence electrons.